The van der Waals surface area contributed by atoms with E-state index in [4.69, 9.17) is 27.9 Å². The van der Waals surface area contributed by atoms with E-state index in [1.807, 2.05) is 12.1 Å². The van der Waals surface area contributed by atoms with Gasteiger partial charge in [-0.2, -0.15) is 0 Å². The number of benzene rings is 3. The van der Waals surface area contributed by atoms with Gasteiger partial charge in [-0.25, -0.2) is 9.69 Å². The molecule has 0 fully saturated rings. The number of hydrogen-bond acceptors (Lipinski definition) is 5. The van der Waals surface area contributed by atoms with Crippen molar-refractivity contribution in [3.05, 3.63) is 99.7 Å². The standard InChI is InChI=1S/C26H20Cl2N2O4/c1-15(2)16-8-12-21(13-9-16)34-26(33)17-6-10-19(11-7-17)29-23-22(28)24(31)30(25(23)32)20-5-3-4-18(27)14-20/h3-15,29H,1-2H3. The van der Waals surface area contributed by atoms with Crippen molar-refractivity contribution < 1.29 is 19.1 Å². The molecule has 0 radical (unpaired) electrons. The topological polar surface area (TPSA) is 75.7 Å². The highest BCUT2D eigenvalue weighted by atomic mass is 35.5. The highest BCUT2D eigenvalue weighted by Crippen LogP contribution is 2.31. The molecule has 34 heavy (non-hydrogen) atoms. The number of rotatable bonds is 6. The monoisotopic (exact) mass is 494 g/mol. The second kappa shape index (κ2) is 9.71. The number of carbonyl (C=O) groups is 3. The van der Waals surface area contributed by atoms with Gasteiger partial charge in [0.2, 0.25) is 0 Å². The number of nitrogens with one attached hydrogen (secondary N) is 1. The van der Waals surface area contributed by atoms with E-state index in [2.05, 4.69) is 19.2 Å². The van der Waals surface area contributed by atoms with Crippen LogP contribution in [0.5, 0.6) is 5.75 Å². The molecule has 1 heterocycles. The summed E-state index contributed by atoms with van der Waals surface area (Å²) in [6.45, 7) is 4.17. The molecule has 1 N–H and O–H groups in total. The Bertz CT molecular complexity index is 1300. The van der Waals surface area contributed by atoms with Crippen LogP contribution in [0.4, 0.5) is 11.4 Å². The molecule has 2 amide bonds. The first-order valence-electron chi connectivity index (χ1n) is 10.5. The maximum atomic E-state index is 12.9. The average molecular weight is 495 g/mol. The summed E-state index contributed by atoms with van der Waals surface area (Å²) in [5, 5.41) is 3.01. The van der Waals surface area contributed by atoms with Gasteiger partial charge in [0, 0.05) is 10.7 Å². The number of carbonyl (C=O) groups excluding carboxylic acids is 3. The van der Waals surface area contributed by atoms with Crippen LogP contribution in [0.2, 0.25) is 5.02 Å². The number of hydrogen-bond donors (Lipinski definition) is 1. The number of halogens is 2. The third-order valence-corrected chi connectivity index (χ3v) is 5.83. The van der Waals surface area contributed by atoms with Gasteiger partial charge < -0.3 is 10.1 Å². The Balaban J connectivity index is 1.45. The summed E-state index contributed by atoms with van der Waals surface area (Å²) >= 11 is 12.1. The Morgan fingerprint density at radius 2 is 1.59 bits per heavy atom. The minimum absolute atomic E-state index is 0.0628. The highest BCUT2D eigenvalue weighted by Gasteiger charge is 2.39. The number of amides is 2. The van der Waals surface area contributed by atoms with E-state index in [9.17, 15) is 14.4 Å². The van der Waals surface area contributed by atoms with Crippen molar-refractivity contribution in [2.75, 3.05) is 10.2 Å². The van der Waals surface area contributed by atoms with Gasteiger partial charge in [0.25, 0.3) is 11.8 Å². The van der Waals surface area contributed by atoms with Gasteiger partial charge in [-0.3, -0.25) is 9.59 Å². The molecule has 0 bridgehead atoms. The molecular weight excluding hydrogens is 475 g/mol. The minimum Gasteiger partial charge on any atom is -0.423 e. The first-order chi connectivity index (χ1) is 16.2. The van der Waals surface area contributed by atoms with Crippen molar-refractivity contribution in [2.45, 2.75) is 19.8 Å². The van der Waals surface area contributed by atoms with Crippen molar-refractivity contribution in [2.24, 2.45) is 0 Å². The summed E-state index contributed by atoms with van der Waals surface area (Å²) in [6, 6.07) is 20.0. The van der Waals surface area contributed by atoms with Crippen LogP contribution < -0.4 is 15.0 Å². The lowest BCUT2D eigenvalue weighted by atomic mass is 10.0. The van der Waals surface area contributed by atoms with Crippen molar-refractivity contribution in [3.63, 3.8) is 0 Å². The quantitative estimate of drug-likeness (QED) is 0.253. The number of esters is 1. The third kappa shape index (κ3) is 4.83. The molecule has 0 unspecified atom stereocenters. The summed E-state index contributed by atoms with van der Waals surface area (Å²) < 4.78 is 5.42. The van der Waals surface area contributed by atoms with Gasteiger partial charge in [-0.15, -0.1) is 0 Å². The van der Waals surface area contributed by atoms with Crippen LogP contribution in [0.1, 0.15) is 35.7 Å². The molecule has 0 saturated carbocycles. The van der Waals surface area contributed by atoms with Crippen LogP contribution in [0.15, 0.2) is 83.5 Å². The maximum Gasteiger partial charge on any atom is 0.343 e. The molecule has 1 aliphatic rings. The first-order valence-corrected chi connectivity index (χ1v) is 11.2. The van der Waals surface area contributed by atoms with Crippen LogP contribution >= 0.6 is 23.2 Å². The predicted molar refractivity (Wildman–Crippen MR) is 132 cm³/mol. The van der Waals surface area contributed by atoms with Gasteiger partial charge in [-0.05, 0) is 66.1 Å². The van der Waals surface area contributed by atoms with E-state index in [-0.39, 0.29) is 10.7 Å². The largest absolute Gasteiger partial charge is 0.423 e. The zero-order valence-corrected chi connectivity index (χ0v) is 19.9. The molecule has 3 aromatic carbocycles. The van der Waals surface area contributed by atoms with Gasteiger partial charge in [0.1, 0.15) is 16.5 Å². The normalized spacial score (nSPS) is 13.6. The molecule has 6 nitrogen and oxygen atoms in total. The summed E-state index contributed by atoms with van der Waals surface area (Å²) in [5.41, 5.74) is 2.20. The van der Waals surface area contributed by atoms with E-state index < -0.39 is 17.8 Å². The van der Waals surface area contributed by atoms with Gasteiger partial charge >= 0.3 is 5.97 Å². The van der Waals surface area contributed by atoms with E-state index in [1.165, 1.54) is 6.07 Å². The Morgan fingerprint density at radius 3 is 2.21 bits per heavy atom. The molecule has 0 spiro atoms. The third-order valence-electron chi connectivity index (χ3n) is 5.24. The van der Waals surface area contributed by atoms with Crippen LogP contribution in [-0.2, 0) is 9.59 Å². The Kier molecular flexibility index (Phi) is 6.72. The summed E-state index contributed by atoms with van der Waals surface area (Å²) in [6.07, 6.45) is 0. The molecule has 3 aromatic rings. The van der Waals surface area contributed by atoms with Crippen LogP contribution in [0.25, 0.3) is 0 Å². The molecule has 1 aliphatic heterocycles. The van der Waals surface area contributed by atoms with E-state index in [1.54, 1.807) is 54.6 Å². The summed E-state index contributed by atoms with van der Waals surface area (Å²) in [5.74, 6) is -0.941. The fourth-order valence-electron chi connectivity index (χ4n) is 3.38. The summed E-state index contributed by atoms with van der Waals surface area (Å²) in [4.78, 5) is 38.9. The van der Waals surface area contributed by atoms with E-state index in [0.29, 0.717) is 33.6 Å². The van der Waals surface area contributed by atoms with Crippen molar-refractivity contribution >= 4 is 52.4 Å². The van der Waals surface area contributed by atoms with Gasteiger partial charge in [0.05, 0.1) is 11.3 Å². The second-order valence-electron chi connectivity index (χ2n) is 7.93. The number of ether oxygens (including phenoxy) is 1. The predicted octanol–water partition coefficient (Wildman–Crippen LogP) is 6.12. The lowest BCUT2D eigenvalue weighted by molar-refractivity contribution is -0.120. The smallest absolute Gasteiger partial charge is 0.343 e. The fraction of sp³-hybridized carbons (Fsp3) is 0.115. The Morgan fingerprint density at radius 1 is 0.912 bits per heavy atom. The Labute approximate surface area is 206 Å². The van der Waals surface area contributed by atoms with Gasteiger partial charge in [0.15, 0.2) is 0 Å². The zero-order chi connectivity index (χ0) is 24.4. The van der Waals surface area contributed by atoms with Crippen LogP contribution in [0, 0.1) is 0 Å². The average Bonchev–Trinajstić information content (AvgIpc) is 3.03. The SMILES string of the molecule is CC(C)c1ccc(OC(=O)c2ccc(NC3=C(Cl)C(=O)N(c4cccc(Cl)c4)C3=O)cc2)cc1. The molecule has 0 atom stereocenters. The molecule has 8 heteroatoms. The molecule has 4 rings (SSSR count). The van der Waals surface area contributed by atoms with Crippen LogP contribution in [-0.4, -0.2) is 17.8 Å². The zero-order valence-electron chi connectivity index (χ0n) is 18.3. The Hall–Kier alpha value is -3.61. The van der Waals surface area contributed by atoms with Crippen LogP contribution in [0.3, 0.4) is 0 Å². The lowest BCUT2D eigenvalue weighted by Crippen LogP contribution is -2.32. The highest BCUT2D eigenvalue weighted by molar-refractivity contribution is 6.53. The van der Waals surface area contributed by atoms with Gasteiger partial charge in [-0.1, -0.05) is 55.2 Å². The second-order valence-corrected chi connectivity index (χ2v) is 8.74. The van der Waals surface area contributed by atoms with E-state index >= 15 is 0 Å². The molecule has 172 valence electrons. The number of nitrogens with zero attached hydrogens (tertiary/aromatic N) is 1. The van der Waals surface area contributed by atoms with Crippen molar-refractivity contribution in [1.29, 1.82) is 0 Å². The first kappa shape index (κ1) is 23.5. The lowest BCUT2D eigenvalue weighted by Gasteiger charge is -2.15. The molecular formula is C26H20Cl2N2O4. The fourth-order valence-corrected chi connectivity index (χ4v) is 3.78. The maximum absolute atomic E-state index is 12.9. The molecule has 0 aromatic heterocycles. The number of imide groups is 1. The van der Waals surface area contributed by atoms with Crippen molar-refractivity contribution in [3.8, 4) is 5.75 Å². The van der Waals surface area contributed by atoms with E-state index in [0.717, 1.165) is 10.5 Å². The van der Waals surface area contributed by atoms with Crippen molar-refractivity contribution in [1.82, 2.24) is 0 Å². The molecule has 0 aliphatic carbocycles. The number of anilines is 2. The molecule has 0 saturated heterocycles. The minimum atomic E-state index is -0.653. The summed E-state index contributed by atoms with van der Waals surface area (Å²) in [7, 11) is 0.